The van der Waals surface area contributed by atoms with Crippen molar-refractivity contribution in [1.29, 1.82) is 0 Å². The van der Waals surface area contributed by atoms with Crippen molar-refractivity contribution in [2.24, 2.45) is 0 Å². The maximum atomic E-state index is 9.87. The van der Waals surface area contributed by atoms with E-state index >= 15 is 0 Å². The Kier molecular flexibility index (Phi) is 12.4. The molecule has 0 aliphatic heterocycles. The Morgan fingerprint density at radius 3 is 1.56 bits per heavy atom. The van der Waals surface area contributed by atoms with E-state index < -0.39 is 24.7 Å². The summed E-state index contributed by atoms with van der Waals surface area (Å²) < 4.78 is 0. The number of carbonyl (C=O) groups is 1. The van der Waals surface area contributed by atoms with Crippen LogP contribution in [0.25, 0.3) is 0 Å². The molecule has 3 unspecified atom stereocenters. The number of aliphatic hydroxyl groups excluding tert-OH is 3. The van der Waals surface area contributed by atoms with Crippen LogP contribution in [0.15, 0.2) is 0 Å². The highest BCUT2D eigenvalue weighted by molar-refractivity contribution is 5.66. The van der Waals surface area contributed by atoms with Crippen LogP contribution in [-0.2, 0) is 4.79 Å². The zero-order chi connectivity index (χ0) is 14.7. The van der Waals surface area contributed by atoms with Gasteiger partial charge in [0.25, 0.3) is 0 Å². The Hall–Kier alpha value is -0.690. The molecule has 3 atom stereocenters. The van der Waals surface area contributed by atoms with Crippen molar-refractivity contribution in [3.63, 3.8) is 0 Å². The number of hydrogen-bond donors (Lipinski definition) is 4. The number of hydrogen-bond acceptors (Lipinski definition) is 5. The monoisotopic (exact) mass is 265 g/mol. The lowest BCUT2D eigenvalue weighted by Gasteiger charge is -2.30. The molecule has 6 heteroatoms. The molecule has 0 spiro atoms. The number of carboxylic acid groups (broad SMARTS) is 1. The van der Waals surface area contributed by atoms with Crippen molar-refractivity contribution in [2.75, 3.05) is 0 Å². The Balaban J connectivity index is 0. The Morgan fingerprint density at radius 1 is 1.00 bits per heavy atom. The van der Waals surface area contributed by atoms with Crippen molar-refractivity contribution in [1.82, 2.24) is 4.90 Å². The normalized spacial score (nSPS) is 15.6. The molecule has 0 aliphatic rings. The van der Waals surface area contributed by atoms with Gasteiger partial charge in [0.15, 0.2) is 0 Å². The van der Waals surface area contributed by atoms with E-state index in [1.54, 1.807) is 0 Å². The molecule has 0 rings (SSSR count). The summed E-state index contributed by atoms with van der Waals surface area (Å²) in [5.41, 5.74) is 0. The van der Waals surface area contributed by atoms with E-state index in [2.05, 4.69) is 6.92 Å². The fraction of sp³-hybridized carbons (Fsp3) is 0.917. The molecule has 0 heterocycles. The van der Waals surface area contributed by atoms with Gasteiger partial charge in [0.05, 0.1) is 0 Å². The molecule has 0 fully saturated rings. The second-order valence-electron chi connectivity index (χ2n) is 4.19. The maximum Gasteiger partial charge on any atom is 0.303 e. The number of unbranched alkanes of at least 4 members (excludes halogenated alkanes) is 2. The predicted octanol–water partition coefficient (Wildman–Crippen LogP) is 0.955. The van der Waals surface area contributed by atoms with Gasteiger partial charge < -0.3 is 20.4 Å². The zero-order valence-corrected chi connectivity index (χ0v) is 11.7. The van der Waals surface area contributed by atoms with Crippen LogP contribution in [-0.4, -0.2) is 50.0 Å². The van der Waals surface area contributed by atoms with Crippen LogP contribution < -0.4 is 0 Å². The second-order valence-corrected chi connectivity index (χ2v) is 4.19. The molecule has 0 aromatic heterocycles. The lowest BCUT2D eigenvalue weighted by Crippen LogP contribution is -2.45. The Morgan fingerprint density at radius 2 is 1.39 bits per heavy atom. The molecule has 18 heavy (non-hydrogen) atoms. The van der Waals surface area contributed by atoms with E-state index in [-0.39, 0.29) is 0 Å². The van der Waals surface area contributed by atoms with Crippen molar-refractivity contribution in [3.8, 4) is 0 Å². The van der Waals surface area contributed by atoms with Crippen molar-refractivity contribution in [3.05, 3.63) is 0 Å². The Labute approximate surface area is 109 Å². The average molecular weight is 265 g/mol. The first-order chi connectivity index (χ1) is 8.23. The van der Waals surface area contributed by atoms with Crippen LogP contribution in [0.1, 0.15) is 53.4 Å². The largest absolute Gasteiger partial charge is 0.481 e. The summed E-state index contributed by atoms with van der Waals surface area (Å²) in [7, 11) is 0. The molecule has 0 aliphatic carbocycles. The summed E-state index contributed by atoms with van der Waals surface area (Å²) >= 11 is 0. The van der Waals surface area contributed by atoms with Crippen LogP contribution in [0, 0.1) is 0 Å². The van der Waals surface area contributed by atoms with Gasteiger partial charge in [0, 0.05) is 6.42 Å². The van der Waals surface area contributed by atoms with Gasteiger partial charge in [-0.05, 0) is 27.2 Å². The van der Waals surface area contributed by atoms with Gasteiger partial charge in [-0.2, -0.15) is 0 Å². The molecule has 4 N–H and O–H groups in total. The lowest BCUT2D eigenvalue weighted by molar-refractivity contribution is -0.159. The van der Waals surface area contributed by atoms with Crippen molar-refractivity contribution in [2.45, 2.75) is 72.1 Å². The third kappa shape index (κ3) is 11.8. The van der Waals surface area contributed by atoms with Crippen molar-refractivity contribution < 1.29 is 25.2 Å². The summed E-state index contributed by atoms with van der Waals surface area (Å²) in [4.78, 5) is 11.0. The summed E-state index contributed by atoms with van der Waals surface area (Å²) in [6.45, 7) is 6.51. The van der Waals surface area contributed by atoms with Crippen molar-refractivity contribution >= 4 is 5.97 Å². The van der Waals surface area contributed by atoms with Gasteiger partial charge in [-0.3, -0.25) is 4.79 Å². The first kappa shape index (κ1) is 19.6. The summed E-state index contributed by atoms with van der Waals surface area (Å²) in [5.74, 6) is -0.682. The average Bonchev–Trinajstić information content (AvgIpc) is 2.16. The fourth-order valence-electron chi connectivity index (χ4n) is 1.46. The minimum absolute atomic E-state index is 0.327. The minimum Gasteiger partial charge on any atom is -0.481 e. The summed E-state index contributed by atoms with van der Waals surface area (Å²) in [6, 6.07) is 0. The first-order valence-electron chi connectivity index (χ1n) is 6.27. The van der Waals surface area contributed by atoms with Crippen LogP contribution in [0.2, 0.25) is 0 Å². The highest BCUT2D eigenvalue weighted by Gasteiger charge is 2.20. The molecule has 0 saturated heterocycles. The summed E-state index contributed by atoms with van der Waals surface area (Å²) in [5, 5.41) is 35.0. The second kappa shape index (κ2) is 11.4. The molecule has 110 valence electrons. The highest BCUT2D eigenvalue weighted by atomic mass is 16.4. The van der Waals surface area contributed by atoms with Crippen LogP contribution in [0.4, 0.5) is 0 Å². The van der Waals surface area contributed by atoms with Gasteiger partial charge in [-0.1, -0.05) is 19.8 Å². The number of aliphatic hydroxyl groups is 3. The van der Waals surface area contributed by atoms with Gasteiger partial charge in [0.2, 0.25) is 0 Å². The van der Waals surface area contributed by atoms with E-state index in [1.165, 1.54) is 25.7 Å². The molecular weight excluding hydrogens is 238 g/mol. The summed E-state index contributed by atoms with van der Waals surface area (Å²) in [6.07, 6.45) is 0.777. The highest BCUT2D eigenvalue weighted by Crippen LogP contribution is 2.04. The van der Waals surface area contributed by atoms with E-state index in [9.17, 15) is 4.79 Å². The van der Waals surface area contributed by atoms with Gasteiger partial charge in [-0.15, -0.1) is 0 Å². The van der Waals surface area contributed by atoms with E-state index in [0.717, 1.165) is 19.3 Å². The third-order valence-corrected chi connectivity index (χ3v) is 2.29. The third-order valence-electron chi connectivity index (χ3n) is 2.29. The standard InChI is InChI=1S/C6H15NO3.C6H12O2/c1-4(8)7(5(2)9)6(3)10;1-2-3-4-5-6(7)8/h4-6,8-10H,1-3H3;2-5H2,1H3,(H,7,8). The molecule has 6 nitrogen and oxygen atoms in total. The number of nitrogens with zero attached hydrogens (tertiary/aromatic N) is 1. The SMILES string of the molecule is CC(O)N(C(C)O)C(C)O.CCCCCC(=O)O. The quantitative estimate of drug-likeness (QED) is 0.404. The number of rotatable bonds is 7. The van der Waals surface area contributed by atoms with E-state index in [1.807, 2.05) is 0 Å². The first-order valence-corrected chi connectivity index (χ1v) is 6.27. The predicted molar refractivity (Wildman–Crippen MR) is 68.7 cm³/mol. The van der Waals surface area contributed by atoms with Crippen LogP contribution in [0.3, 0.4) is 0 Å². The molecule has 0 saturated carbocycles. The zero-order valence-electron chi connectivity index (χ0n) is 11.7. The molecule has 0 aromatic rings. The van der Waals surface area contributed by atoms with Crippen LogP contribution in [0.5, 0.6) is 0 Å². The molecule has 0 aromatic carbocycles. The smallest absolute Gasteiger partial charge is 0.303 e. The lowest BCUT2D eigenvalue weighted by atomic mass is 10.2. The topological polar surface area (TPSA) is 101 Å². The fourth-order valence-corrected chi connectivity index (χ4v) is 1.46. The van der Waals surface area contributed by atoms with Gasteiger partial charge in [0.1, 0.15) is 18.7 Å². The minimum atomic E-state index is -0.833. The molecule has 0 amide bonds. The van der Waals surface area contributed by atoms with Crippen LogP contribution >= 0.6 is 0 Å². The maximum absolute atomic E-state index is 9.87. The number of carboxylic acids is 1. The molecular formula is C12H27NO5. The van der Waals surface area contributed by atoms with E-state index in [0.29, 0.717) is 6.42 Å². The number of aliphatic carboxylic acids is 1. The van der Waals surface area contributed by atoms with Gasteiger partial charge in [-0.25, -0.2) is 4.90 Å². The van der Waals surface area contributed by atoms with Gasteiger partial charge >= 0.3 is 5.97 Å². The van der Waals surface area contributed by atoms with E-state index in [4.69, 9.17) is 20.4 Å². The Bertz CT molecular complexity index is 188. The molecule has 0 bridgehead atoms. The molecule has 0 radical (unpaired) electrons.